The minimum Gasteiger partial charge on any atom is -0.489 e. The molecule has 0 saturated carbocycles. The summed E-state index contributed by atoms with van der Waals surface area (Å²) < 4.78 is 6.41. The van der Waals surface area contributed by atoms with Crippen LogP contribution in [0.2, 0.25) is 0 Å². The fourth-order valence-electron chi connectivity index (χ4n) is 5.70. The first-order valence-corrected chi connectivity index (χ1v) is 12.3. The fraction of sp³-hybridized carbons (Fsp3) is 0.219. The molecule has 0 unspecified atom stereocenters. The van der Waals surface area contributed by atoms with Gasteiger partial charge in [0.1, 0.15) is 12.4 Å². The number of fused-ring (bicyclic) bond motifs is 3. The molecular formula is C32H29NO2. The molecule has 4 aromatic rings. The predicted octanol–water partition coefficient (Wildman–Crippen LogP) is 7.62. The van der Waals surface area contributed by atoms with E-state index in [-0.39, 0.29) is 17.1 Å². The smallest absolute Gasteiger partial charge is 0.162 e. The van der Waals surface area contributed by atoms with E-state index in [9.17, 15) is 4.79 Å². The van der Waals surface area contributed by atoms with Gasteiger partial charge < -0.3 is 10.1 Å². The van der Waals surface area contributed by atoms with E-state index >= 15 is 0 Å². The van der Waals surface area contributed by atoms with Crippen molar-refractivity contribution >= 4 is 22.2 Å². The summed E-state index contributed by atoms with van der Waals surface area (Å²) in [6.07, 6.45) is 1.40. The second-order valence-corrected chi connectivity index (χ2v) is 10.5. The number of carbonyl (C=O) groups excluding carboxylic acids is 1. The van der Waals surface area contributed by atoms with Crippen molar-refractivity contribution in [3.05, 3.63) is 119 Å². The van der Waals surface area contributed by atoms with E-state index in [0.717, 1.165) is 45.8 Å². The van der Waals surface area contributed by atoms with Gasteiger partial charge in [0.05, 0.1) is 0 Å². The highest BCUT2D eigenvalue weighted by molar-refractivity contribution is 6.04. The van der Waals surface area contributed by atoms with Crippen molar-refractivity contribution in [2.75, 3.05) is 5.32 Å². The van der Waals surface area contributed by atoms with Crippen molar-refractivity contribution in [3.8, 4) is 5.75 Å². The van der Waals surface area contributed by atoms with Crippen LogP contribution in [0.4, 0.5) is 5.69 Å². The Morgan fingerprint density at radius 1 is 0.857 bits per heavy atom. The molecule has 0 fully saturated rings. The van der Waals surface area contributed by atoms with Crippen LogP contribution in [0.15, 0.2) is 102 Å². The van der Waals surface area contributed by atoms with Gasteiger partial charge in [0, 0.05) is 34.9 Å². The number of anilines is 1. The number of Topliss-reactive ketones (excluding diaryl/α,β-unsaturated/α-hetero) is 1. The summed E-state index contributed by atoms with van der Waals surface area (Å²) in [5, 5.41) is 6.02. The van der Waals surface area contributed by atoms with Crippen LogP contribution >= 0.6 is 0 Å². The second kappa shape index (κ2) is 8.42. The number of rotatable bonds is 4. The van der Waals surface area contributed by atoms with Gasteiger partial charge in [-0.2, -0.15) is 0 Å². The van der Waals surface area contributed by atoms with Gasteiger partial charge in [0.25, 0.3) is 0 Å². The molecule has 1 aliphatic carbocycles. The van der Waals surface area contributed by atoms with E-state index in [1.165, 1.54) is 10.8 Å². The van der Waals surface area contributed by atoms with Gasteiger partial charge in [-0.05, 0) is 45.9 Å². The third-order valence-corrected chi connectivity index (χ3v) is 7.22. The van der Waals surface area contributed by atoms with Crippen LogP contribution in [0.25, 0.3) is 10.8 Å². The van der Waals surface area contributed by atoms with Crippen molar-refractivity contribution in [2.24, 2.45) is 5.41 Å². The average Bonchev–Trinajstić information content (AvgIpc) is 2.86. The van der Waals surface area contributed by atoms with Crippen LogP contribution in [0.5, 0.6) is 5.75 Å². The van der Waals surface area contributed by atoms with Crippen LogP contribution in [0, 0.1) is 5.41 Å². The summed E-state index contributed by atoms with van der Waals surface area (Å²) in [4.78, 5) is 13.7. The Labute approximate surface area is 206 Å². The lowest BCUT2D eigenvalue weighted by Gasteiger charge is -2.40. The molecule has 6 rings (SSSR count). The molecule has 0 radical (unpaired) electrons. The SMILES string of the molecule is CC1(C)CC(=O)C2=C(C1)Nc1ccc3ccccc3c1[C@@H]2c1ccccc1OCc1ccccc1. The summed E-state index contributed by atoms with van der Waals surface area (Å²) in [5.74, 6) is 0.875. The number of benzene rings is 4. The Bertz CT molecular complexity index is 1470. The molecule has 174 valence electrons. The lowest BCUT2D eigenvalue weighted by molar-refractivity contribution is -0.118. The highest BCUT2D eigenvalue weighted by Gasteiger charge is 2.42. The van der Waals surface area contributed by atoms with Crippen molar-refractivity contribution < 1.29 is 9.53 Å². The van der Waals surface area contributed by atoms with E-state index < -0.39 is 0 Å². The molecule has 1 N–H and O–H groups in total. The number of carbonyl (C=O) groups is 1. The zero-order valence-corrected chi connectivity index (χ0v) is 20.2. The maximum absolute atomic E-state index is 13.7. The van der Waals surface area contributed by atoms with Crippen molar-refractivity contribution in [1.82, 2.24) is 0 Å². The number of hydrogen-bond donors (Lipinski definition) is 1. The zero-order valence-electron chi connectivity index (χ0n) is 20.2. The first-order chi connectivity index (χ1) is 17.0. The molecular weight excluding hydrogens is 430 g/mol. The minimum atomic E-state index is -0.178. The molecule has 0 bridgehead atoms. The van der Waals surface area contributed by atoms with Gasteiger partial charge in [0.15, 0.2) is 5.78 Å². The average molecular weight is 460 g/mol. The first-order valence-electron chi connectivity index (χ1n) is 12.3. The Hall–Kier alpha value is -3.85. The molecule has 1 atom stereocenters. The van der Waals surface area contributed by atoms with Crippen LogP contribution in [-0.2, 0) is 11.4 Å². The van der Waals surface area contributed by atoms with Gasteiger partial charge in [-0.15, -0.1) is 0 Å². The molecule has 4 aromatic carbocycles. The van der Waals surface area contributed by atoms with Gasteiger partial charge in [0.2, 0.25) is 0 Å². The number of hydrogen-bond acceptors (Lipinski definition) is 3. The molecule has 1 heterocycles. The number of allylic oxidation sites excluding steroid dienone is 2. The summed E-state index contributed by atoms with van der Waals surface area (Å²) >= 11 is 0. The zero-order chi connectivity index (χ0) is 24.0. The molecule has 35 heavy (non-hydrogen) atoms. The Balaban J connectivity index is 1.54. The van der Waals surface area contributed by atoms with E-state index in [1.54, 1.807) is 0 Å². The largest absolute Gasteiger partial charge is 0.489 e. The summed E-state index contributed by atoms with van der Waals surface area (Å²) in [6, 6.07) is 31.2. The maximum atomic E-state index is 13.7. The van der Waals surface area contributed by atoms with Crippen LogP contribution in [0.1, 0.15) is 49.3 Å². The van der Waals surface area contributed by atoms with Gasteiger partial charge in [-0.3, -0.25) is 4.79 Å². The predicted molar refractivity (Wildman–Crippen MR) is 142 cm³/mol. The molecule has 0 amide bonds. The van der Waals surface area contributed by atoms with Gasteiger partial charge in [-0.25, -0.2) is 0 Å². The van der Waals surface area contributed by atoms with Crippen LogP contribution in [0.3, 0.4) is 0 Å². The van der Waals surface area contributed by atoms with Crippen molar-refractivity contribution in [1.29, 1.82) is 0 Å². The van der Waals surface area contributed by atoms with Crippen LogP contribution < -0.4 is 10.1 Å². The quantitative estimate of drug-likeness (QED) is 0.341. The number of nitrogens with one attached hydrogen (secondary N) is 1. The Morgan fingerprint density at radius 2 is 1.60 bits per heavy atom. The Morgan fingerprint density at radius 3 is 2.46 bits per heavy atom. The molecule has 0 spiro atoms. The van der Waals surface area contributed by atoms with E-state index in [1.807, 2.05) is 30.3 Å². The standard InChI is InChI=1S/C32H29NO2/c1-32(2)18-26-31(27(34)19-32)30(29-23-13-7-6-12-22(23)16-17-25(29)33-26)24-14-8-9-15-28(24)35-20-21-10-4-3-5-11-21/h3-17,30,33H,18-20H2,1-2H3/t30-/m0/s1. The molecule has 1 aliphatic heterocycles. The normalized spacial score (nSPS) is 18.6. The summed E-state index contributed by atoms with van der Waals surface area (Å²) in [7, 11) is 0. The highest BCUT2D eigenvalue weighted by atomic mass is 16.5. The van der Waals surface area contributed by atoms with Crippen LogP contribution in [-0.4, -0.2) is 5.78 Å². The number of ketones is 1. The van der Waals surface area contributed by atoms with Crippen molar-refractivity contribution in [2.45, 2.75) is 39.2 Å². The Kier molecular flexibility index (Phi) is 5.21. The van der Waals surface area contributed by atoms with E-state index in [2.05, 4.69) is 79.8 Å². The topological polar surface area (TPSA) is 38.3 Å². The lowest BCUT2D eigenvalue weighted by atomic mass is 9.68. The molecule has 3 nitrogen and oxygen atoms in total. The fourth-order valence-corrected chi connectivity index (χ4v) is 5.70. The number of para-hydroxylation sites is 1. The van der Waals surface area contributed by atoms with Gasteiger partial charge in [-0.1, -0.05) is 92.7 Å². The minimum absolute atomic E-state index is 0.0643. The first kappa shape index (κ1) is 21.7. The molecule has 2 aliphatic rings. The molecule has 0 saturated heterocycles. The maximum Gasteiger partial charge on any atom is 0.162 e. The molecule has 0 aromatic heterocycles. The van der Waals surface area contributed by atoms with Crippen molar-refractivity contribution in [3.63, 3.8) is 0 Å². The van der Waals surface area contributed by atoms with Gasteiger partial charge >= 0.3 is 0 Å². The second-order valence-electron chi connectivity index (χ2n) is 10.5. The third kappa shape index (κ3) is 3.91. The van der Waals surface area contributed by atoms with E-state index in [0.29, 0.717) is 13.0 Å². The van der Waals surface area contributed by atoms with E-state index in [4.69, 9.17) is 4.74 Å². The highest BCUT2D eigenvalue weighted by Crippen LogP contribution is 2.52. The summed E-state index contributed by atoms with van der Waals surface area (Å²) in [5.41, 5.74) is 6.28. The number of ether oxygens (including phenoxy) is 1. The lowest BCUT2D eigenvalue weighted by Crippen LogP contribution is -2.34. The summed E-state index contributed by atoms with van der Waals surface area (Å²) in [6.45, 7) is 4.84. The third-order valence-electron chi connectivity index (χ3n) is 7.22. The molecule has 3 heteroatoms. The monoisotopic (exact) mass is 459 g/mol.